The van der Waals surface area contributed by atoms with Gasteiger partial charge in [0.25, 0.3) is 0 Å². The monoisotopic (exact) mass is 260 g/mol. The third-order valence-corrected chi connectivity index (χ3v) is 2.31. The summed E-state index contributed by atoms with van der Waals surface area (Å²) in [5.41, 5.74) is 2.43. The molecule has 0 aliphatic carbocycles. The van der Waals surface area contributed by atoms with E-state index in [4.69, 9.17) is 15.3 Å². The van der Waals surface area contributed by atoms with Gasteiger partial charge in [0.15, 0.2) is 0 Å². The van der Waals surface area contributed by atoms with Crippen LogP contribution in [-0.4, -0.2) is 16.6 Å². The number of hydrazine groups is 1. The zero-order valence-electron chi connectivity index (χ0n) is 10.7. The number of hydrogen-bond donors (Lipinski definition) is 2. The number of hydrogen-bond acceptors (Lipinski definition) is 6. The van der Waals surface area contributed by atoms with Crippen LogP contribution in [0.2, 0.25) is 0 Å². The van der Waals surface area contributed by atoms with E-state index in [-0.39, 0.29) is 0 Å². The van der Waals surface area contributed by atoms with Crippen molar-refractivity contribution < 1.29 is 9.47 Å². The third-order valence-electron chi connectivity index (χ3n) is 2.31. The third kappa shape index (κ3) is 3.82. The first-order chi connectivity index (χ1) is 9.31. The zero-order chi connectivity index (χ0) is 13.5. The van der Waals surface area contributed by atoms with E-state index in [1.807, 2.05) is 24.3 Å². The SMILES string of the molecule is CCCOc1ccc(Oc2cc(NN)ncn2)cc1. The smallest absolute Gasteiger partial charge is 0.224 e. The molecule has 1 heterocycles. The number of ether oxygens (including phenoxy) is 2. The maximum Gasteiger partial charge on any atom is 0.224 e. The Kier molecular flexibility index (Phi) is 4.52. The van der Waals surface area contributed by atoms with Crippen molar-refractivity contribution >= 4 is 5.82 Å². The van der Waals surface area contributed by atoms with Crippen molar-refractivity contribution in [1.82, 2.24) is 9.97 Å². The molecule has 1 aromatic heterocycles. The first-order valence-corrected chi connectivity index (χ1v) is 6.01. The quantitative estimate of drug-likeness (QED) is 0.612. The summed E-state index contributed by atoms with van der Waals surface area (Å²) in [7, 11) is 0. The van der Waals surface area contributed by atoms with Gasteiger partial charge in [-0.1, -0.05) is 6.92 Å². The second kappa shape index (κ2) is 6.55. The molecule has 0 atom stereocenters. The van der Waals surface area contributed by atoms with Gasteiger partial charge in [-0.15, -0.1) is 0 Å². The minimum Gasteiger partial charge on any atom is -0.494 e. The molecule has 100 valence electrons. The Morgan fingerprint density at radius 1 is 1.16 bits per heavy atom. The lowest BCUT2D eigenvalue weighted by Crippen LogP contribution is -2.08. The second-order valence-electron chi connectivity index (χ2n) is 3.81. The largest absolute Gasteiger partial charge is 0.494 e. The van der Waals surface area contributed by atoms with Crippen LogP contribution < -0.4 is 20.7 Å². The lowest BCUT2D eigenvalue weighted by atomic mass is 10.3. The number of nitrogens with two attached hydrogens (primary N) is 1. The predicted octanol–water partition coefficient (Wildman–Crippen LogP) is 2.34. The summed E-state index contributed by atoms with van der Waals surface area (Å²) in [6.07, 6.45) is 2.36. The fraction of sp³-hybridized carbons (Fsp3) is 0.231. The number of nitrogen functional groups attached to an aromatic ring is 1. The van der Waals surface area contributed by atoms with Gasteiger partial charge in [0.1, 0.15) is 23.6 Å². The van der Waals surface area contributed by atoms with Crippen LogP contribution >= 0.6 is 0 Å². The lowest BCUT2D eigenvalue weighted by molar-refractivity contribution is 0.317. The van der Waals surface area contributed by atoms with Gasteiger partial charge in [-0.3, -0.25) is 0 Å². The summed E-state index contributed by atoms with van der Waals surface area (Å²) in [6, 6.07) is 8.97. The van der Waals surface area contributed by atoms with Crippen molar-refractivity contribution in [3.8, 4) is 17.4 Å². The van der Waals surface area contributed by atoms with Gasteiger partial charge in [-0.05, 0) is 30.7 Å². The Balaban J connectivity index is 2.02. The van der Waals surface area contributed by atoms with E-state index in [2.05, 4.69) is 22.3 Å². The Hall–Kier alpha value is -2.34. The van der Waals surface area contributed by atoms with Crippen LogP contribution in [0.15, 0.2) is 36.7 Å². The van der Waals surface area contributed by atoms with Gasteiger partial charge < -0.3 is 14.9 Å². The molecule has 0 saturated heterocycles. The fourth-order valence-corrected chi connectivity index (χ4v) is 1.42. The van der Waals surface area contributed by atoms with Crippen molar-refractivity contribution in [3.05, 3.63) is 36.7 Å². The van der Waals surface area contributed by atoms with E-state index < -0.39 is 0 Å². The molecule has 0 aliphatic heterocycles. The molecule has 0 radical (unpaired) electrons. The molecule has 1 aromatic carbocycles. The van der Waals surface area contributed by atoms with Crippen LogP contribution in [0.3, 0.4) is 0 Å². The highest BCUT2D eigenvalue weighted by molar-refractivity contribution is 5.38. The van der Waals surface area contributed by atoms with Crippen LogP contribution in [0, 0.1) is 0 Å². The van der Waals surface area contributed by atoms with Gasteiger partial charge in [0, 0.05) is 6.07 Å². The summed E-state index contributed by atoms with van der Waals surface area (Å²) >= 11 is 0. The summed E-state index contributed by atoms with van der Waals surface area (Å²) < 4.78 is 11.1. The predicted molar refractivity (Wildman–Crippen MR) is 72.1 cm³/mol. The van der Waals surface area contributed by atoms with Crippen molar-refractivity contribution in [3.63, 3.8) is 0 Å². The summed E-state index contributed by atoms with van der Waals surface area (Å²) in [5.74, 6) is 7.67. The molecule has 0 amide bonds. The Morgan fingerprint density at radius 2 is 1.89 bits per heavy atom. The van der Waals surface area contributed by atoms with E-state index in [0.717, 1.165) is 12.2 Å². The summed E-state index contributed by atoms with van der Waals surface area (Å²) in [4.78, 5) is 7.89. The summed E-state index contributed by atoms with van der Waals surface area (Å²) in [5, 5.41) is 0. The average Bonchev–Trinajstić information content (AvgIpc) is 2.47. The van der Waals surface area contributed by atoms with E-state index in [9.17, 15) is 0 Å². The number of aromatic nitrogens is 2. The van der Waals surface area contributed by atoms with E-state index >= 15 is 0 Å². The lowest BCUT2D eigenvalue weighted by Gasteiger charge is -2.07. The molecule has 0 bridgehead atoms. The fourth-order valence-electron chi connectivity index (χ4n) is 1.42. The van der Waals surface area contributed by atoms with E-state index in [0.29, 0.717) is 24.1 Å². The number of nitrogens with zero attached hydrogens (tertiary/aromatic N) is 2. The molecule has 0 unspecified atom stereocenters. The highest BCUT2D eigenvalue weighted by Crippen LogP contribution is 2.23. The molecular formula is C13H16N4O2. The summed E-state index contributed by atoms with van der Waals surface area (Å²) in [6.45, 7) is 2.77. The molecule has 0 aliphatic rings. The van der Waals surface area contributed by atoms with E-state index in [1.54, 1.807) is 6.07 Å². The maximum absolute atomic E-state index is 5.58. The molecular weight excluding hydrogens is 244 g/mol. The van der Waals surface area contributed by atoms with Gasteiger partial charge in [0.05, 0.1) is 6.61 Å². The Bertz CT molecular complexity index is 516. The molecule has 0 saturated carbocycles. The molecule has 2 aromatic rings. The first-order valence-electron chi connectivity index (χ1n) is 6.01. The standard InChI is InChI=1S/C13H16N4O2/c1-2-7-18-10-3-5-11(6-4-10)19-13-8-12(17-14)15-9-16-13/h3-6,8-9H,2,7,14H2,1H3,(H,15,16,17). The topological polar surface area (TPSA) is 82.3 Å². The van der Waals surface area contributed by atoms with Crippen molar-refractivity contribution in [1.29, 1.82) is 0 Å². The number of rotatable bonds is 6. The second-order valence-corrected chi connectivity index (χ2v) is 3.81. The zero-order valence-corrected chi connectivity index (χ0v) is 10.7. The molecule has 6 nitrogen and oxygen atoms in total. The minimum atomic E-state index is 0.421. The molecule has 0 spiro atoms. The van der Waals surface area contributed by atoms with Gasteiger partial charge in [0.2, 0.25) is 5.88 Å². The van der Waals surface area contributed by atoms with Gasteiger partial charge >= 0.3 is 0 Å². The molecule has 2 rings (SSSR count). The van der Waals surface area contributed by atoms with Gasteiger partial charge in [-0.25, -0.2) is 15.8 Å². The molecule has 19 heavy (non-hydrogen) atoms. The van der Waals surface area contributed by atoms with Crippen LogP contribution in [0.1, 0.15) is 13.3 Å². The van der Waals surface area contributed by atoms with Crippen LogP contribution in [0.25, 0.3) is 0 Å². The number of benzene rings is 1. The van der Waals surface area contributed by atoms with Crippen LogP contribution in [-0.2, 0) is 0 Å². The molecule has 6 heteroatoms. The first kappa shape index (κ1) is 13.1. The molecule has 0 fully saturated rings. The van der Waals surface area contributed by atoms with Crippen molar-refractivity contribution in [2.45, 2.75) is 13.3 Å². The minimum absolute atomic E-state index is 0.421. The number of anilines is 1. The van der Waals surface area contributed by atoms with Gasteiger partial charge in [-0.2, -0.15) is 0 Å². The maximum atomic E-state index is 5.58. The van der Waals surface area contributed by atoms with Crippen LogP contribution in [0.4, 0.5) is 5.82 Å². The Morgan fingerprint density at radius 3 is 2.58 bits per heavy atom. The van der Waals surface area contributed by atoms with Crippen molar-refractivity contribution in [2.75, 3.05) is 12.0 Å². The Labute approximate surface area is 111 Å². The average molecular weight is 260 g/mol. The van der Waals surface area contributed by atoms with E-state index in [1.165, 1.54) is 6.33 Å². The highest BCUT2D eigenvalue weighted by atomic mass is 16.5. The van der Waals surface area contributed by atoms with Crippen molar-refractivity contribution in [2.24, 2.45) is 5.84 Å². The number of nitrogens with one attached hydrogen (secondary N) is 1. The van der Waals surface area contributed by atoms with Crippen LogP contribution in [0.5, 0.6) is 17.4 Å². The highest BCUT2D eigenvalue weighted by Gasteiger charge is 2.01. The molecule has 3 N–H and O–H groups in total. The normalized spacial score (nSPS) is 10.0.